The van der Waals surface area contributed by atoms with Crippen LogP contribution in [0.2, 0.25) is 0 Å². The third kappa shape index (κ3) is 2.56. The number of nitrogens with two attached hydrogens (primary N) is 1. The third-order valence-electron chi connectivity index (χ3n) is 3.00. The van der Waals surface area contributed by atoms with E-state index in [1.165, 1.54) is 0 Å². The highest BCUT2D eigenvalue weighted by molar-refractivity contribution is 14.1. The van der Waals surface area contributed by atoms with Gasteiger partial charge in [-0.3, -0.25) is 0 Å². The van der Waals surface area contributed by atoms with Crippen LogP contribution in [-0.2, 0) is 0 Å². The molecule has 1 aromatic heterocycles. The molecule has 0 aliphatic heterocycles. The summed E-state index contributed by atoms with van der Waals surface area (Å²) in [6, 6.07) is 15.6. The molecule has 20 heavy (non-hydrogen) atoms. The summed E-state index contributed by atoms with van der Waals surface area (Å²) < 4.78 is 6.99. The van der Waals surface area contributed by atoms with Gasteiger partial charge in [-0.05, 0) is 59.8 Å². The quantitative estimate of drug-likeness (QED) is 0.529. The van der Waals surface area contributed by atoms with E-state index in [1.54, 1.807) is 0 Å². The second-order valence-corrected chi connectivity index (χ2v) is 5.73. The number of anilines is 1. The lowest BCUT2D eigenvalue weighted by atomic mass is 10.2. The van der Waals surface area contributed by atoms with E-state index in [1.807, 2.05) is 49.4 Å². The minimum Gasteiger partial charge on any atom is -0.454 e. The number of aromatic nitrogens is 1. The summed E-state index contributed by atoms with van der Waals surface area (Å²) in [5.41, 5.74) is 8.34. The number of nitrogen functional groups attached to an aromatic ring is 1. The van der Waals surface area contributed by atoms with E-state index in [2.05, 4.69) is 33.6 Å². The Morgan fingerprint density at radius 3 is 2.70 bits per heavy atom. The van der Waals surface area contributed by atoms with Crippen molar-refractivity contribution < 1.29 is 4.74 Å². The summed E-state index contributed by atoms with van der Waals surface area (Å²) in [6.45, 7) is 1.98. The predicted octanol–water partition coefficient (Wildman–Crippen LogP) is 4.52. The van der Waals surface area contributed by atoms with Gasteiger partial charge in [-0.25, -0.2) is 4.98 Å². The monoisotopic (exact) mass is 376 g/mol. The highest BCUT2D eigenvalue weighted by Gasteiger charge is 2.08. The SMILES string of the molecule is Cc1ccc2cccc(Oc3ccc(N)cc3I)c2n1. The molecule has 0 radical (unpaired) electrons. The maximum atomic E-state index is 6.01. The van der Waals surface area contributed by atoms with Crippen molar-refractivity contribution in [1.29, 1.82) is 0 Å². The minimum atomic E-state index is 0.730. The largest absolute Gasteiger partial charge is 0.454 e. The maximum Gasteiger partial charge on any atom is 0.153 e. The molecule has 3 aromatic rings. The van der Waals surface area contributed by atoms with Crippen LogP contribution in [0.4, 0.5) is 5.69 Å². The predicted molar refractivity (Wildman–Crippen MR) is 90.1 cm³/mol. The van der Waals surface area contributed by atoms with Crippen molar-refractivity contribution in [3.05, 3.63) is 57.8 Å². The Morgan fingerprint density at radius 1 is 1.05 bits per heavy atom. The van der Waals surface area contributed by atoms with Crippen molar-refractivity contribution >= 4 is 39.2 Å². The molecule has 0 fully saturated rings. The lowest BCUT2D eigenvalue weighted by molar-refractivity contribution is 0.484. The van der Waals surface area contributed by atoms with Crippen LogP contribution in [0, 0.1) is 10.5 Å². The Morgan fingerprint density at radius 2 is 1.90 bits per heavy atom. The van der Waals surface area contributed by atoms with Crippen LogP contribution < -0.4 is 10.5 Å². The molecular formula is C16H13IN2O. The summed E-state index contributed by atoms with van der Waals surface area (Å²) in [5, 5.41) is 1.07. The van der Waals surface area contributed by atoms with Crippen LogP contribution in [0.5, 0.6) is 11.5 Å². The molecule has 100 valence electrons. The van der Waals surface area contributed by atoms with Gasteiger partial charge in [0.15, 0.2) is 5.75 Å². The Hall–Kier alpha value is -1.82. The number of hydrogen-bond donors (Lipinski definition) is 1. The van der Waals surface area contributed by atoms with Crippen LogP contribution >= 0.6 is 22.6 Å². The average molecular weight is 376 g/mol. The van der Waals surface area contributed by atoms with Gasteiger partial charge < -0.3 is 10.5 Å². The fraction of sp³-hybridized carbons (Fsp3) is 0.0625. The van der Waals surface area contributed by atoms with E-state index in [0.717, 1.165) is 37.4 Å². The Balaban J connectivity index is 2.08. The van der Waals surface area contributed by atoms with E-state index in [0.29, 0.717) is 0 Å². The number of nitrogens with zero attached hydrogens (tertiary/aromatic N) is 1. The van der Waals surface area contributed by atoms with Gasteiger partial charge in [-0.1, -0.05) is 18.2 Å². The molecule has 0 spiro atoms. The second kappa shape index (κ2) is 5.28. The zero-order valence-corrected chi connectivity index (χ0v) is 13.1. The van der Waals surface area contributed by atoms with Crippen molar-refractivity contribution in [2.45, 2.75) is 6.92 Å². The summed E-state index contributed by atoms with van der Waals surface area (Å²) in [4.78, 5) is 4.57. The van der Waals surface area contributed by atoms with Crippen LogP contribution in [-0.4, -0.2) is 4.98 Å². The molecule has 3 nitrogen and oxygen atoms in total. The molecule has 4 heteroatoms. The van der Waals surface area contributed by atoms with Crippen molar-refractivity contribution in [2.75, 3.05) is 5.73 Å². The van der Waals surface area contributed by atoms with Crippen LogP contribution in [0.15, 0.2) is 48.5 Å². The van der Waals surface area contributed by atoms with Gasteiger partial charge in [0.2, 0.25) is 0 Å². The molecule has 0 saturated heterocycles. The number of benzene rings is 2. The number of rotatable bonds is 2. The molecule has 2 aromatic carbocycles. The molecule has 0 amide bonds. The van der Waals surface area contributed by atoms with Crippen molar-refractivity contribution in [2.24, 2.45) is 0 Å². The first-order chi connectivity index (χ1) is 9.63. The zero-order valence-electron chi connectivity index (χ0n) is 10.9. The number of para-hydroxylation sites is 1. The molecule has 0 aliphatic rings. The van der Waals surface area contributed by atoms with Gasteiger partial charge >= 0.3 is 0 Å². The van der Waals surface area contributed by atoms with E-state index in [-0.39, 0.29) is 0 Å². The number of halogens is 1. The van der Waals surface area contributed by atoms with Crippen LogP contribution in [0.25, 0.3) is 10.9 Å². The van der Waals surface area contributed by atoms with E-state index in [9.17, 15) is 0 Å². The zero-order chi connectivity index (χ0) is 14.1. The van der Waals surface area contributed by atoms with Gasteiger partial charge in [-0.2, -0.15) is 0 Å². The number of hydrogen-bond acceptors (Lipinski definition) is 3. The summed E-state index contributed by atoms with van der Waals surface area (Å²) in [5.74, 6) is 1.55. The number of pyridine rings is 1. The third-order valence-corrected chi connectivity index (χ3v) is 3.84. The normalized spacial score (nSPS) is 10.7. The maximum absolute atomic E-state index is 6.01. The highest BCUT2D eigenvalue weighted by atomic mass is 127. The fourth-order valence-corrected chi connectivity index (χ4v) is 2.67. The fourth-order valence-electron chi connectivity index (χ4n) is 2.02. The van der Waals surface area contributed by atoms with E-state index >= 15 is 0 Å². The molecule has 0 atom stereocenters. The molecule has 0 bridgehead atoms. The summed E-state index contributed by atoms with van der Waals surface area (Å²) >= 11 is 2.22. The number of aryl methyl sites for hydroxylation is 1. The first kappa shape index (κ1) is 13.2. The standard InChI is InChI=1S/C16H13IN2O/c1-10-5-6-11-3-2-4-15(16(11)19-10)20-14-8-7-12(18)9-13(14)17/h2-9H,18H2,1H3. The van der Waals surface area contributed by atoms with Crippen LogP contribution in [0.3, 0.4) is 0 Å². The first-order valence-electron chi connectivity index (χ1n) is 6.23. The summed E-state index contributed by atoms with van der Waals surface area (Å²) in [6.07, 6.45) is 0. The second-order valence-electron chi connectivity index (χ2n) is 4.57. The molecule has 2 N–H and O–H groups in total. The Labute approximate surface area is 130 Å². The van der Waals surface area contributed by atoms with E-state index < -0.39 is 0 Å². The smallest absolute Gasteiger partial charge is 0.153 e. The highest BCUT2D eigenvalue weighted by Crippen LogP contribution is 2.32. The Kier molecular flexibility index (Phi) is 3.48. The van der Waals surface area contributed by atoms with Crippen LogP contribution in [0.1, 0.15) is 5.69 Å². The lowest BCUT2D eigenvalue weighted by Gasteiger charge is -2.10. The molecule has 0 aliphatic carbocycles. The van der Waals surface area contributed by atoms with Gasteiger partial charge in [0, 0.05) is 16.8 Å². The van der Waals surface area contributed by atoms with Crippen molar-refractivity contribution in [3.8, 4) is 11.5 Å². The van der Waals surface area contributed by atoms with Crippen molar-refractivity contribution in [1.82, 2.24) is 4.98 Å². The molecule has 1 heterocycles. The summed E-state index contributed by atoms with van der Waals surface area (Å²) in [7, 11) is 0. The van der Waals surface area contributed by atoms with Gasteiger partial charge in [-0.15, -0.1) is 0 Å². The molecule has 0 saturated carbocycles. The number of fused-ring (bicyclic) bond motifs is 1. The number of ether oxygens (including phenoxy) is 1. The van der Waals surface area contributed by atoms with Gasteiger partial charge in [0.1, 0.15) is 11.3 Å². The molecule has 0 unspecified atom stereocenters. The molecule has 3 rings (SSSR count). The van der Waals surface area contributed by atoms with Gasteiger partial charge in [0.05, 0.1) is 3.57 Å². The first-order valence-corrected chi connectivity index (χ1v) is 7.30. The minimum absolute atomic E-state index is 0.730. The van der Waals surface area contributed by atoms with Crippen molar-refractivity contribution in [3.63, 3.8) is 0 Å². The van der Waals surface area contributed by atoms with E-state index in [4.69, 9.17) is 10.5 Å². The molecular weight excluding hydrogens is 363 g/mol. The lowest BCUT2D eigenvalue weighted by Crippen LogP contribution is -1.93. The average Bonchev–Trinajstić information content (AvgIpc) is 2.42. The Bertz CT molecular complexity index is 787. The topological polar surface area (TPSA) is 48.1 Å². The van der Waals surface area contributed by atoms with Gasteiger partial charge in [0.25, 0.3) is 0 Å².